The molecule has 1 aliphatic heterocycles. The highest BCUT2D eigenvalue weighted by molar-refractivity contribution is 5.81. The number of amides is 2. The summed E-state index contributed by atoms with van der Waals surface area (Å²) in [6, 6.07) is 16.7. The summed E-state index contributed by atoms with van der Waals surface area (Å²) >= 11 is 0. The second kappa shape index (κ2) is 9.05. The Hall–Kier alpha value is -2.62. The third kappa shape index (κ3) is 5.00. The van der Waals surface area contributed by atoms with Crippen LogP contribution >= 0.6 is 0 Å². The number of carbonyl (C=O) groups excluding carboxylic acids is 2. The number of aryl methyl sites for hydroxylation is 2. The number of benzene rings is 2. The molecule has 1 aliphatic rings. The van der Waals surface area contributed by atoms with Crippen molar-refractivity contribution in [3.8, 4) is 0 Å². The molecule has 0 spiro atoms. The summed E-state index contributed by atoms with van der Waals surface area (Å²) in [6.07, 6.45) is 1.78. The summed E-state index contributed by atoms with van der Waals surface area (Å²) in [5, 5.41) is 3.07. The van der Waals surface area contributed by atoms with E-state index in [9.17, 15) is 9.59 Å². The maximum Gasteiger partial charge on any atom is 0.225 e. The van der Waals surface area contributed by atoms with Gasteiger partial charge in [-0.1, -0.05) is 61.0 Å². The molecule has 0 saturated carbocycles. The third-order valence-corrected chi connectivity index (χ3v) is 5.68. The van der Waals surface area contributed by atoms with Gasteiger partial charge in [0.15, 0.2) is 0 Å². The Kier molecular flexibility index (Phi) is 6.50. The first-order valence-electron chi connectivity index (χ1n) is 10.1. The molecule has 148 valence electrons. The minimum atomic E-state index is -0.182. The predicted octanol–water partition coefficient (Wildman–Crippen LogP) is 3.83. The van der Waals surface area contributed by atoms with Gasteiger partial charge in [0.05, 0.1) is 5.92 Å². The van der Waals surface area contributed by atoms with Crippen LogP contribution in [0.5, 0.6) is 0 Å². The Balaban J connectivity index is 1.69. The lowest BCUT2D eigenvalue weighted by molar-refractivity contribution is -0.134. The van der Waals surface area contributed by atoms with E-state index >= 15 is 0 Å². The van der Waals surface area contributed by atoms with Gasteiger partial charge >= 0.3 is 0 Å². The number of rotatable bonds is 5. The lowest BCUT2D eigenvalue weighted by Gasteiger charge is -2.37. The first kappa shape index (κ1) is 20.1. The first-order valence-corrected chi connectivity index (χ1v) is 10.1. The minimum Gasteiger partial charge on any atom is -0.352 e. The van der Waals surface area contributed by atoms with E-state index in [0.29, 0.717) is 19.6 Å². The summed E-state index contributed by atoms with van der Waals surface area (Å²) < 4.78 is 0. The molecule has 0 aliphatic carbocycles. The fourth-order valence-electron chi connectivity index (χ4n) is 3.97. The zero-order valence-corrected chi connectivity index (χ0v) is 17.1. The molecule has 2 atom stereocenters. The first-order chi connectivity index (χ1) is 13.5. The van der Waals surface area contributed by atoms with Crippen LogP contribution in [-0.4, -0.2) is 29.8 Å². The number of nitrogens with one attached hydrogen (secondary N) is 1. The Bertz CT molecular complexity index is 829. The van der Waals surface area contributed by atoms with E-state index in [1.54, 1.807) is 6.92 Å². The van der Waals surface area contributed by atoms with Gasteiger partial charge in [0, 0.05) is 32.5 Å². The highest BCUT2D eigenvalue weighted by atomic mass is 16.2. The topological polar surface area (TPSA) is 49.4 Å². The fraction of sp³-hybridized carbons (Fsp3) is 0.417. The van der Waals surface area contributed by atoms with Crippen molar-refractivity contribution >= 4 is 11.8 Å². The molecule has 0 aromatic heterocycles. The van der Waals surface area contributed by atoms with Crippen LogP contribution in [0.2, 0.25) is 0 Å². The summed E-state index contributed by atoms with van der Waals surface area (Å²) in [6.45, 7) is 7.48. The van der Waals surface area contributed by atoms with Gasteiger partial charge in [0.2, 0.25) is 11.8 Å². The molecule has 0 bridgehead atoms. The number of hydrogen-bond acceptors (Lipinski definition) is 2. The van der Waals surface area contributed by atoms with Crippen molar-refractivity contribution in [3.05, 3.63) is 70.8 Å². The molecule has 2 amide bonds. The number of carbonyl (C=O) groups is 2. The van der Waals surface area contributed by atoms with Crippen LogP contribution in [0.15, 0.2) is 48.5 Å². The number of hydrogen-bond donors (Lipinski definition) is 1. The maximum absolute atomic E-state index is 12.9. The Morgan fingerprint density at radius 1 is 1.07 bits per heavy atom. The molecule has 2 aromatic carbocycles. The van der Waals surface area contributed by atoms with Crippen molar-refractivity contribution in [2.24, 2.45) is 5.92 Å². The van der Waals surface area contributed by atoms with Crippen molar-refractivity contribution in [1.29, 1.82) is 0 Å². The molecule has 4 heteroatoms. The van der Waals surface area contributed by atoms with E-state index in [-0.39, 0.29) is 23.7 Å². The van der Waals surface area contributed by atoms with Crippen molar-refractivity contribution in [2.75, 3.05) is 13.1 Å². The van der Waals surface area contributed by atoms with Gasteiger partial charge in [-0.15, -0.1) is 0 Å². The van der Waals surface area contributed by atoms with E-state index in [0.717, 1.165) is 18.4 Å². The number of piperidine rings is 1. The van der Waals surface area contributed by atoms with Crippen LogP contribution in [-0.2, 0) is 22.6 Å². The van der Waals surface area contributed by atoms with Gasteiger partial charge in [-0.05, 0) is 36.5 Å². The number of nitrogens with zero attached hydrogens (tertiary/aromatic N) is 1. The molecule has 1 N–H and O–H groups in total. The van der Waals surface area contributed by atoms with E-state index < -0.39 is 0 Å². The molecule has 1 heterocycles. The van der Waals surface area contributed by atoms with E-state index in [1.807, 2.05) is 30.0 Å². The fourth-order valence-corrected chi connectivity index (χ4v) is 3.97. The van der Waals surface area contributed by atoms with E-state index in [2.05, 4.69) is 42.6 Å². The quantitative estimate of drug-likeness (QED) is 0.860. The molecule has 28 heavy (non-hydrogen) atoms. The average Bonchev–Trinajstić information content (AvgIpc) is 2.71. The van der Waals surface area contributed by atoms with E-state index in [1.165, 1.54) is 16.7 Å². The smallest absolute Gasteiger partial charge is 0.225 e. The predicted molar refractivity (Wildman–Crippen MR) is 112 cm³/mol. The van der Waals surface area contributed by atoms with E-state index in [4.69, 9.17) is 0 Å². The van der Waals surface area contributed by atoms with Crippen LogP contribution in [0.3, 0.4) is 0 Å². The third-order valence-electron chi connectivity index (χ3n) is 5.68. The number of likely N-dealkylation sites (tertiary alicyclic amines) is 1. The van der Waals surface area contributed by atoms with Crippen molar-refractivity contribution in [3.63, 3.8) is 0 Å². The normalized spacial score (nSPS) is 19.3. The van der Waals surface area contributed by atoms with Gasteiger partial charge in [0.25, 0.3) is 0 Å². The Morgan fingerprint density at radius 3 is 2.46 bits per heavy atom. The molecular formula is C24H30N2O2. The second-order valence-electron chi connectivity index (χ2n) is 7.86. The molecule has 4 nitrogen and oxygen atoms in total. The highest BCUT2D eigenvalue weighted by Crippen LogP contribution is 2.31. The SMILES string of the molecule is CCc1ccc(C2CC(C(=O)NCc3cccc(C)c3)CN(C(C)=O)C2)cc1. The van der Waals surface area contributed by atoms with Crippen LogP contribution in [0, 0.1) is 12.8 Å². The van der Waals surface area contributed by atoms with Gasteiger partial charge in [-0.3, -0.25) is 9.59 Å². The lowest BCUT2D eigenvalue weighted by atomic mass is 9.83. The molecule has 3 rings (SSSR count). The van der Waals surface area contributed by atoms with Gasteiger partial charge in [-0.2, -0.15) is 0 Å². The van der Waals surface area contributed by atoms with Gasteiger partial charge in [0.1, 0.15) is 0 Å². The zero-order valence-electron chi connectivity index (χ0n) is 17.1. The van der Waals surface area contributed by atoms with Gasteiger partial charge in [-0.25, -0.2) is 0 Å². The van der Waals surface area contributed by atoms with Crippen LogP contribution in [0.1, 0.15) is 48.4 Å². The molecule has 2 aromatic rings. The van der Waals surface area contributed by atoms with Crippen LogP contribution < -0.4 is 5.32 Å². The second-order valence-corrected chi connectivity index (χ2v) is 7.86. The molecule has 1 saturated heterocycles. The highest BCUT2D eigenvalue weighted by Gasteiger charge is 2.33. The molecule has 2 unspecified atom stereocenters. The zero-order chi connectivity index (χ0) is 20.1. The minimum absolute atomic E-state index is 0.0302. The summed E-state index contributed by atoms with van der Waals surface area (Å²) in [4.78, 5) is 26.7. The van der Waals surface area contributed by atoms with Crippen LogP contribution in [0.25, 0.3) is 0 Å². The Morgan fingerprint density at radius 2 is 1.82 bits per heavy atom. The summed E-state index contributed by atoms with van der Waals surface area (Å²) in [5.74, 6) is 0.0746. The van der Waals surface area contributed by atoms with Gasteiger partial charge < -0.3 is 10.2 Å². The standard InChI is InChI=1S/C24H30N2O2/c1-4-19-8-10-21(11-9-19)22-13-23(16-26(15-22)18(3)27)24(28)25-14-20-7-5-6-17(2)12-20/h5-12,22-23H,4,13-16H2,1-3H3,(H,25,28). The van der Waals surface area contributed by atoms with Crippen LogP contribution in [0.4, 0.5) is 0 Å². The van der Waals surface area contributed by atoms with Crippen molar-refractivity contribution in [1.82, 2.24) is 10.2 Å². The summed E-state index contributed by atoms with van der Waals surface area (Å²) in [5.41, 5.74) is 4.79. The molecule has 0 radical (unpaired) electrons. The molecular weight excluding hydrogens is 348 g/mol. The van der Waals surface area contributed by atoms with Crippen molar-refractivity contribution < 1.29 is 9.59 Å². The average molecular weight is 379 g/mol. The monoisotopic (exact) mass is 378 g/mol. The maximum atomic E-state index is 12.9. The van der Waals surface area contributed by atoms with Crippen molar-refractivity contribution in [2.45, 2.75) is 46.1 Å². The molecule has 1 fully saturated rings. The lowest BCUT2D eigenvalue weighted by Crippen LogP contribution is -2.47. The Labute approximate surface area is 167 Å². The summed E-state index contributed by atoms with van der Waals surface area (Å²) in [7, 11) is 0. The largest absolute Gasteiger partial charge is 0.352 e.